The Labute approximate surface area is 181 Å². The van der Waals surface area contributed by atoms with E-state index in [0.29, 0.717) is 17.4 Å². The summed E-state index contributed by atoms with van der Waals surface area (Å²) >= 11 is 6.46. The molecule has 0 radical (unpaired) electrons. The summed E-state index contributed by atoms with van der Waals surface area (Å²) in [6.07, 6.45) is 13.3. The predicted molar refractivity (Wildman–Crippen MR) is 118 cm³/mol. The van der Waals surface area contributed by atoms with Crippen LogP contribution in [-0.2, 0) is 4.79 Å². The number of aromatic nitrogens is 3. The Bertz CT molecular complexity index is 932. The van der Waals surface area contributed by atoms with Gasteiger partial charge in [0.15, 0.2) is 5.82 Å². The van der Waals surface area contributed by atoms with Crippen molar-refractivity contribution in [3.8, 4) is 0 Å². The van der Waals surface area contributed by atoms with Crippen molar-refractivity contribution >= 4 is 40.6 Å². The van der Waals surface area contributed by atoms with E-state index in [-0.39, 0.29) is 5.91 Å². The van der Waals surface area contributed by atoms with Gasteiger partial charge >= 0.3 is 0 Å². The molecule has 1 N–H and O–H groups in total. The van der Waals surface area contributed by atoms with Crippen molar-refractivity contribution in [1.29, 1.82) is 0 Å². The van der Waals surface area contributed by atoms with Gasteiger partial charge in [0.25, 0.3) is 0 Å². The lowest BCUT2D eigenvalue weighted by Crippen LogP contribution is -2.24. The van der Waals surface area contributed by atoms with Crippen LogP contribution in [0.25, 0.3) is 0 Å². The molecule has 3 aliphatic rings. The van der Waals surface area contributed by atoms with Crippen molar-refractivity contribution in [2.45, 2.75) is 44.9 Å². The fraction of sp³-hybridized carbons (Fsp3) is 0.545. The van der Waals surface area contributed by atoms with Gasteiger partial charge in [-0.1, -0.05) is 37.3 Å². The number of nitrogens with zero attached hydrogens (tertiary/aromatic N) is 5. The average molecular weight is 427 g/mol. The molecule has 8 heteroatoms. The number of hydrogen-bond donors (Lipinski definition) is 1. The summed E-state index contributed by atoms with van der Waals surface area (Å²) in [7, 11) is 0. The molecule has 1 atom stereocenters. The van der Waals surface area contributed by atoms with Gasteiger partial charge in [-0.15, -0.1) is 0 Å². The molecule has 7 nitrogen and oxygen atoms in total. The second kappa shape index (κ2) is 8.38. The molecule has 30 heavy (non-hydrogen) atoms. The van der Waals surface area contributed by atoms with Gasteiger partial charge in [-0.25, -0.2) is 4.98 Å². The van der Waals surface area contributed by atoms with E-state index in [1.807, 2.05) is 6.07 Å². The Morgan fingerprint density at radius 2 is 1.90 bits per heavy atom. The quantitative estimate of drug-likeness (QED) is 0.763. The van der Waals surface area contributed by atoms with E-state index >= 15 is 0 Å². The van der Waals surface area contributed by atoms with E-state index in [1.54, 1.807) is 23.5 Å². The number of hydrogen-bond acceptors (Lipinski definition) is 6. The lowest BCUT2D eigenvalue weighted by atomic mass is 9.90. The second-order valence-corrected chi connectivity index (χ2v) is 9.02. The van der Waals surface area contributed by atoms with E-state index in [1.165, 1.54) is 32.1 Å². The van der Waals surface area contributed by atoms with Crippen molar-refractivity contribution < 1.29 is 4.79 Å². The molecule has 0 spiro atoms. The average Bonchev–Trinajstić information content (AvgIpc) is 3.51. The van der Waals surface area contributed by atoms with Crippen LogP contribution >= 0.6 is 11.6 Å². The number of halogens is 1. The largest absolute Gasteiger partial charge is 0.355 e. The zero-order chi connectivity index (χ0) is 20.5. The van der Waals surface area contributed by atoms with Gasteiger partial charge in [0.05, 0.1) is 30.0 Å². The molecule has 2 saturated heterocycles. The van der Waals surface area contributed by atoms with Gasteiger partial charge in [-0.3, -0.25) is 9.78 Å². The molecule has 5 rings (SSSR count). The maximum absolute atomic E-state index is 12.0. The number of nitrogens with one attached hydrogen (secondary N) is 1. The second-order valence-electron chi connectivity index (χ2n) is 8.61. The third-order valence-corrected chi connectivity index (χ3v) is 6.95. The fourth-order valence-electron chi connectivity index (χ4n) is 5.13. The molecular weight excluding hydrogens is 400 g/mol. The zero-order valence-electron chi connectivity index (χ0n) is 17.1. The Hall–Kier alpha value is -2.41. The molecule has 3 fully saturated rings. The Morgan fingerprint density at radius 1 is 1.03 bits per heavy atom. The van der Waals surface area contributed by atoms with Gasteiger partial charge in [0.1, 0.15) is 5.02 Å². The highest BCUT2D eigenvalue weighted by atomic mass is 35.5. The first-order chi connectivity index (χ1) is 14.7. The third kappa shape index (κ3) is 3.95. The number of carbonyl (C=O) groups is 1. The number of rotatable bonds is 5. The van der Waals surface area contributed by atoms with Crippen LogP contribution in [0.5, 0.6) is 0 Å². The SMILES string of the molecule is O=C1CCCN1c1cncc(Nc2ncc(Cl)c(N3CCC(C4CCCC4)C3)n2)c1. The summed E-state index contributed by atoms with van der Waals surface area (Å²) in [5.41, 5.74) is 1.56. The molecule has 4 heterocycles. The van der Waals surface area contributed by atoms with Gasteiger partial charge in [0, 0.05) is 26.1 Å². The number of amides is 1. The smallest absolute Gasteiger partial charge is 0.229 e. The van der Waals surface area contributed by atoms with Crippen molar-refractivity contribution in [3.05, 3.63) is 29.7 Å². The molecule has 1 aliphatic carbocycles. The normalized spacial score (nSPS) is 22.3. The Balaban J connectivity index is 1.31. The summed E-state index contributed by atoms with van der Waals surface area (Å²) in [5, 5.41) is 3.82. The zero-order valence-corrected chi connectivity index (χ0v) is 17.8. The van der Waals surface area contributed by atoms with E-state index < -0.39 is 0 Å². The number of carbonyl (C=O) groups excluding carboxylic acids is 1. The standard InChI is InChI=1S/C22H27ClN6O/c23-19-13-25-22(26-17-10-18(12-24-11-17)29-8-3-6-20(29)30)27-21(19)28-9-7-16(14-28)15-4-1-2-5-15/h10-13,15-16H,1-9,14H2,(H,25,26,27). The summed E-state index contributed by atoms with van der Waals surface area (Å²) in [5.74, 6) is 3.04. The number of pyridine rings is 1. The predicted octanol–water partition coefficient (Wildman–Crippen LogP) is 4.41. The molecule has 158 valence electrons. The minimum atomic E-state index is 0.143. The van der Waals surface area contributed by atoms with Gasteiger partial charge < -0.3 is 15.1 Å². The van der Waals surface area contributed by atoms with Crippen LogP contribution in [-0.4, -0.2) is 40.5 Å². The van der Waals surface area contributed by atoms with Crippen LogP contribution in [0, 0.1) is 11.8 Å². The summed E-state index contributed by atoms with van der Waals surface area (Å²) in [6, 6.07) is 1.92. The molecule has 1 saturated carbocycles. The Kier molecular flexibility index (Phi) is 5.46. The monoisotopic (exact) mass is 426 g/mol. The number of anilines is 4. The van der Waals surface area contributed by atoms with Gasteiger partial charge in [-0.2, -0.15) is 4.98 Å². The first-order valence-corrected chi connectivity index (χ1v) is 11.3. The highest BCUT2D eigenvalue weighted by Crippen LogP contribution is 2.38. The van der Waals surface area contributed by atoms with Crippen molar-refractivity contribution in [1.82, 2.24) is 15.0 Å². The molecule has 2 aromatic rings. The highest BCUT2D eigenvalue weighted by Gasteiger charge is 2.32. The minimum absolute atomic E-state index is 0.143. The molecule has 2 aromatic heterocycles. The lowest BCUT2D eigenvalue weighted by molar-refractivity contribution is -0.117. The first kappa shape index (κ1) is 19.5. The molecule has 2 aliphatic heterocycles. The topological polar surface area (TPSA) is 74.2 Å². The third-order valence-electron chi connectivity index (χ3n) is 6.68. The Morgan fingerprint density at radius 3 is 2.70 bits per heavy atom. The van der Waals surface area contributed by atoms with Gasteiger partial charge in [0.2, 0.25) is 11.9 Å². The van der Waals surface area contributed by atoms with Crippen LogP contribution < -0.4 is 15.1 Å². The van der Waals surface area contributed by atoms with Crippen LogP contribution in [0.15, 0.2) is 24.7 Å². The van der Waals surface area contributed by atoms with Gasteiger partial charge in [-0.05, 0) is 30.7 Å². The maximum Gasteiger partial charge on any atom is 0.229 e. The van der Waals surface area contributed by atoms with Crippen LogP contribution in [0.2, 0.25) is 5.02 Å². The summed E-state index contributed by atoms with van der Waals surface area (Å²) < 4.78 is 0. The first-order valence-electron chi connectivity index (χ1n) is 11.0. The van der Waals surface area contributed by atoms with Crippen molar-refractivity contribution in [2.24, 2.45) is 11.8 Å². The van der Waals surface area contributed by atoms with E-state index in [4.69, 9.17) is 16.6 Å². The van der Waals surface area contributed by atoms with Crippen LogP contribution in [0.3, 0.4) is 0 Å². The van der Waals surface area contributed by atoms with Crippen LogP contribution in [0.4, 0.5) is 23.1 Å². The van der Waals surface area contributed by atoms with Crippen molar-refractivity contribution in [3.63, 3.8) is 0 Å². The van der Waals surface area contributed by atoms with Crippen LogP contribution in [0.1, 0.15) is 44.9 Å². The highest BCUT2D eigenvalue weighted by molar-refractivity contribution is 6.32. The molecule has 1 unspecified atom stereocenters. The fourth-order valence-corrected chi connectivity index (χ4v) is 5.34. The van der Waals surface area contributed by atoms with E-state index in [0.717, 1.165) is 55.1 Å². The van der Waals surface area contributed by atoms with E-state index in [9.17, 15) is 4.79 Å². The summed E-state index contributed by atoms with van der Waals surface area (Å²) in [4.78, 5) is 29.5. The maximum atomic E-state index is 12.0. The summed E-state index contributed by atoms with van der Waals surface area (Å²) in [6.45, 7) is 2.75. The lowest BCUT2D eigenvalue weighted by Gasteiger charge is -2.21. The molecule has 0 bridgehead atoms. The minimum Gasteiger partial charge on any atom is -0.355 e. The molecule has 1 amide bonds. The molecule has 0 aromatic carbocycles. The molecular formula is C22H27ClN6O. The van der Waals surface area contributed by atoms with Crippen molar-refractivity contribution in [2.75, 3.05) is 34.8 Å². The van der Waals surface area contributed by atoms with E-state index in [2.05, 4.69) is 20.2 Å².